The predicted molar refractivity (Wildman–Crippen MR) is 10.8 cm³/mol. The van der Waals surface area contributed by atoms with Crippen LogP contribution in [0, 0.1) is 0 Å². The summed E-state index contributed by atoms with van der Waals surface area (Å²) in [6.45, 7) is 0. The van der Waals surface area contributed by atoms with E-state index in [1.807, 2.05) is 0 Å². The minimum atomic E-state index is 0. The number of rotatable bonds is 0. The minimum absolute atomic E-state index is 0. The van der Waals surface area contributed by atoms with Gasteiger partial charge in [0.15, 0.2) is 0 Å². The van der Waals surface area contributed by atoms with Crippen molar-refractivity contribution in [1.29, 1.82) is 0 Å². The van der Waals surface area contributed by atoms with Crippen LogP contribution in [0.1, 0.15) is 0 Å². The first-order valence-corrected chi connectivity index (χ1v) is 0. The van der Waals surface area contributed by atoms with Gasteiger partial charge in [0.05, 0.1) is 0 Å². The molecule has 0 amide bonds. The molecule has 0 rings (SSSR count). The van der Waals surface area contributed by atoms with E-state index in [4.69, 9.17) is 0 Å². The molecule has 0 heterocycles. The summed E-state index contributed by atoms with van der Waals surface area (Å²) in [5, 5.41) is 0. The fraction of sp³-hybridized carbons (Fsp3) is 0. The molecule has 0 unspecified atom stereocenters. The molecule has 5 heavy (non-hydrogen) atoms. The van der Waals surface area contributed by atoms with Crippen LogP contribution in [-0.4, -0.2) is 16.4 Å². The summed E-state index contributed by atoms with van der Waals surface area (Å²) in [6.07, 6.45) is 0. The Morgan fingerprint density at radius 1 is 0.600 bits per heavy atom. The van der Waals surface area contributed by atoms with Crippen LogP contribution in [-0.2, 0) is 0 Å². The first kappa shape index (κ1) is 91.4. The molecule has 32 valence electrons. The van der Waals surface area contributed by atoms with Crippen LogP contribution in [0.4, 0.5) is 0 Å². The Bertz CT molecular complexity index is 6.85. The van der Waals surface area contributed by atoms with Crippen LogP contribution in [0.15, 0.2) is 0 Å². The molecular formula is H6FKO3. The fourth-order valence-corrected chi connectivity index (χ4v) is 0. The van der Waals surface area contributed by atoms with E-state index in [0.29, 0.717) is 0 Å². The maximum atomic E-state index is 0. The molecule has 0 aromatic rings. The summed E-state index contributed by atoms with van der Waals surface area (Å²) in [5.41, 5.74) is 0. The third kappa shape index (κ3) is 30.9. The minimum Gasteiger partial charge on any atom is -1.00 e. The number of hydrogen-bond acceptors (Lipinski definition) is 0. The van der Waals surface area contributed by atoms with Gasteiger partial charge in [0, 0.05) is 0 Å². The molecule has 0 saturated carbocycles. The summed E-state index contributed by atoms with van der Waals surface area (Å²) in [7, 11) is 0. The molecule has 0 aliphatic carbocycles. The average Bonchev–Trinajstić information content (AvgIpc) is 0. The van der Waals surface area contributed by atoms with E-state index in [1.165, 1.54) is 0 Å². The zero-order valence-corrected chi connectivity index (χ0v) is 6.00. The first-order valence-electron chi connectivity index (χ1n) is 0. The number of hydrogen-bond donors (Lipinski definition) is 0. The summed E-state index contributed by atoms with van der Waals surface area (Å²) >= 11 is 0. The van der Waals surface area contributed by atoms with Crippen molar-refractivity contribution in [2.24, 2.45) is 0 Å². The molecular weight excluding hydrogens is 106 g/mol. The molecule has 0 spiro atoms. The summed E-state index contributed by atoms with van der Waals surface area (Å²) < 4.78 is 0. The molecule has 0 radical (unpaired) electrons. The maximum absolute atomic E-state index is 0. The van der Waals surface area contributed by atoms with E-state index >= 15 is 0 Å². The zero-order valence-electron chi connectivity index (χ0n) is 2.88. The van der Waals surface area contributed by atoms with Gasteiger partial charge in [-0.3, -0.25) is 0 Å². The Morgan fingerprint density at radius 2 is 0.600 bits per heavy atom. The van der Waals surface area contributed by atoms with Crippen molar-refractivity contribution in [1.82, 2.24) is 0 Å². The molecule has 0 aromatic heterocycles. The van der Waals surface area contributed by atoms with Gasteiger partial charge in [0.25, 0.3) is 0 Å². The number of halogens is 1. The molecule has 0 saturated heterocycles. The van der Waals surface area contributed by atoms with E-state index in [-0.39, 0.29) is 72.5 Å². The van der Waals surface area contributed by atoms with E-state index in [2.05, 4.69) is 0 Å². The fourth-order valence-electron chi connectivity index (χ4n) is 0. The molecule has 0 aliphatic heterocycles. The van der Waals surface area contributed by atoms with Crippen molar-refractivity contribution >= 4 is 0 Å². The predicted octanol–water partition coefficient (Wildman–Crippen LogP) is -8.47. The molecule has 6 N–H and O–H groups in total. The smallest absolute Gasteiger partial charge is 1.00 e. The topological polar surface area (TPSA) is 94.5 Å². The molecule has 0 aliphatic rings. The Labute approximate surface area is 71.5 Å². The molecule has 3 nitrogen and oxygen atoms in total. The Kier molecular flexibility index (Phi) is 941. The average molecular weight is 112 g/mol. The third-order valence-electron chi connectivity index (χ3n) is 0. The quantitative estimate of drug-likeness (QED) is 0.278. The second-order valence-corrected chi connectivity index (χ2v) is 0. The van der Waals surface area contributed by atoms with Crippen LogP contribution in [0.2, 0.25) is 0 Å². The summed E-state index contributed by atoms with van der Waals surface area (Å²) in [6, 6.07) is 0. The van der Waals surface area contributed by atoms with Gasteiger partial charge in [-0.25, -0.2) is 0 Å². The van der Waals surface area contributed by atoms with E-state index in [9.17, 15) is 0 Å². The zero-order chi connectivity index (χ0) is 0. The van der Waals surface area contributed by atoms with E-state index in [1.54, 1.807) is 0 Å². The van der Waals surface area contributed by atoms with Crippen LogP contribution in [0.3, 0.4) is 0 Å². The Morgan fingerprint density at radius 3 is 0.600 bits per heavy atom. The van der Waals surface area contributed by atoms with Crippen molar-refractivity contribution in [3.8, 4) is 0 Å². The molecule has 0 bridgehead atoms. The first-order chi connectivity index (χ1) is 0. The molecule has 5 heteroatoms. The van der Waals surface area contributed by atoms with Gasteiger partial charge in [0.2, 0.25) is 0 Å². The van der Waals surface area contributed by atoms with Gasteiger partial charge in [-0.1, -0.05) is 0 Å². The van der Waals surface area contributed by atoms with Gasteiger partial charge < -0.3 is 21.1 Å². The second kappa shape index (κ2) is 51.5. The molecule has 0 fully saturated rings. The van der Waals surface area contributed by atoms with E-state index < -0.39 is 0 Å². The third-order valence-corrected chi connectivity index (χ3v) is 0. The van der Waals surface area contributed by atoms with E-state index in [0.717, 1.165) is 0 Å². The van der Waals surface area contributed by atoms with Gasteiger partial charge in [0.1, 0.15) is 0 Å². The SMILES string of the molecule is O.O.O.[F-].[K+]. The van der Waals surface area contributed by atoms with Gasteiger partial charge in [-0.2, -0.15) is 0 Å². The van der Waals surface area contributed by atoms with Crippen LogP contribution >= 0.6 is 0 Å². The van der Waals surface area contributed by atoms with Gasteiger partial charge in [-0.05, 0) is 0 Å². The maximum Gasteiger partial charge on any atom is 1.00 e. The molecule has 0 aromatic carbocycles. The van der Waals surface area contributed by atoms with Crippen molar-refractivity contribution < 1.29 is 72.5 Å². The van der Waals surface area contributed by atoms with Crippen LogP contribution in [0.5, 0.6) is 0 Å². The largest absolute Gasteiger partial charge is 1.00 e. The van der Waals surface area contributed by atoms with Crippen molar-refractivity contribution in [3.05, 3.63) is 0 Å². The monoisotopic (exact) mass is 112 g/mol. The van der Waals surface area contributed by atoms with Crippen LogP contribution in [0.25, 0.3) is 0 Å². The van der Waals surface area contributed by atoms with Crippen molar-refractivity contribution in [2.75, 3.05) is 0 Å². The summed E-state index contributed by atoms with van der Waals surface area (Å²) in [5.74, 6) is 0. The van der Waals surface area contributed by atoms with Gasteiger partial charge >= 0.3 is 51.4 Å². The normalized spacial score (nSPS) is 0. The van der Waals surface area contributed by atoms with Crippen molar-refractivity contribution in [2.45, 2.75) is 0 Å². The standard InChI is InChI=1S/FH.K.3H2O/h1H;;3*1H2/q;+1;;;/p-1. The Hall–Kier alpha value is 1.45. The molecule has 0 atom stereocenters. The van der Waals surface area contributed by atoms with Gasteiger partial charge in [-0.15, -0.1) is 0 Å². The Balaban J connectivity index is 0. The second-order valence-electron chi connectivity index (χ2n) is 0. The summed E-state index contributed by atoms with van der Waals surface area (Å²) in [4.78, 5) is 0. The van der Waals surface area contributed by atoms with Crippen molar-refractivity contribution in [3.63, 3.8) is 0 Å². The van der Waals surface area contributed by atoms with Crippen LogP contribution < -0.4 is 56.1 Å².